The van der Waals surface area contributed by atoms with E-state index in [1.165, 1.54) is 0 Å². The van der Waals surface area contributed by atoms with Gasteiger partial charge in [-0.3, -0.25) is 9.59 Å². The molecule has 14 heteroatoms. The van der Waals surface area contributed by atoms with Crippen molar-refractivity contribution < 1.29 is 72.0 Å². The summed E-state index contributed by atoms with van der Waals surface area (Å²) in [6.45, 7) is 20.9. The van der Waals surface area contributed by atoms with Gasteiger partial charge in [0.25, 0.3) is 0 Å². The fourth-order valence-electron chi connectivity index (χ4n) is 3.78. The van der Waals surface area contributed by atoms with E-state index < -0.39 is 65.6 Å². The Balaban J connectivity index is -0.000000762. The smallest absolute Gasteiger partial charge is 0.609 e. The molecule has 2 rings (SSSR count). The van der Waals surface area contributed by atoms with Crippen LogP contribution in [0.15, 0.2) is 73.2 Å². The van der Waals surface area contributed by atoms with Gasteiger partial charge in [0.15, 0.2) is 5.78 Å². The third kappa shape index (κ3) is 27.8. The van der Waals surface area contributed by atoms with E-state index in [1.54, 1.807) is 69.2 Å². The monoisotopic (exact) mass is 738 g/mol. The molecule has 13 nitrogen and oxygen atoms in total. The number of ether oxygens (including phenoxy) is 4. The number of hydrogen-bond acceptors (Lipinski definition) is 10. The summed E-state index contributed by atoms with van der Waals surface area (Å²) in [5.41, 5.74) is 0.535. The Labute approximate surface area is 327 Å². The second kappa shape index (κ2) is 26.3. The van der Waals surface area contributed by atoms with E-state index in [-0.39, 0.29) is 44.7 Å². The van der Waals surface area contributed by atoms with Crippen LogP contribution in [0.1, 0.15) is 94.2 Å². The van der Waals surface area contributed by atoms with E-state index in [0.29, 0.717) is 6.61 Å². The summed E-state index contributed by atoms with van der Waals surface area (Å²) in [4.78, 5) is 58.1. The molecule has 0 aliphatic rings. The van der Waals surface area contributed by atoms with E-state index in [2.05, 4.69) is 21.9 Å². The third-order valence-corrected chi connectivity index (χ3v) is 6.09. The number of nitrogens with one attached hydrogen (secondary N) is 2. The Morgan fingerprint density at radius 3 is 1.38 bits per heavy atom. The van der Waals surface area contributed by atoms with Gasteiger partial charge in [-0.1, -0.05) is 102 Å². The van der Waals surface area contributed by atoms with Gasteiger partial charge in [0.05, 0.1) is 6.04 Å². The number of carbonyl (C=O) groups excluding carboxylic acids is 4. The molecule has 0 aromatic heterocycles. The van der Waals surface area contributed by atoms with Crippen molar-refractivity contribution in [1.29, 1.82) is 0 Å². The fraction of sp³-hybridized carbons (Fsp3) is 0.513. The summed E-state index contributed by atoms with van der Waals surface area (Å²) >= 11 is 0. The maximum Gasteiger partial charge on any atom is 1.00 e. The Hall–Kier alpha value is -4.47. The zero-order chi connectivity index (χ0) is 39.4. The minimum absolute atomic E-state index is 0. The Bertz CT molecular complexity index is 1390. The van der Waals surface area contributed by atoms with Crippen LogP contribution in [0, 0.1) is 11.8 Å². The van der Waals surface area contributed by atoms with Crippen molar-refractivity contribution in [3.63, 3.8) is 0 Å². The summed E-state index contributed by atoms with van der Waals surface area (Å²) in [5, 5.41) is 23.9. The first-order valence-electron chi connectivity index (χ1n) is 16.5. The summed E-state index contributed by atoms with van der Waals surface area (Å²) in [7, 11) is 0. The fourth-order valence-corrected chi connectivity index (χ4v) is 3.78. The molecule has 2 aromatic carbocycles. The van der Waals surface area contributed by atoms with Crippen LogP contribution in [0.25, 0.3) is 0 Å². The van der Waals surface area contributed by atoms with Crippen LogP contribution in [-0.4, -0.2) is 58.3 Å². The van der Waals surface area contributed by atoms with Crippen molar-refractivity contribution in [2.75, 3.05) is 0 Å². The summed E-state index contributed by atoms with van der Waals surface area (Å²) in [5.74, 6) is -2.94. The number of benzene rings is 2. The molecule has 0 saturated carbocycles. The topological polar surface area (TPSA) is 190 Å². The molecule has 0 heterocycles. The van der Waals surface area contributed by atoms with Crippen molar-refractivity contribution in [1.82, 2.24) is 10.6 Å². The molecule has 292 valence electrons. The molecule has 0 bridgehead atoms. The minimum atomic E-state index is -1.06. The number of hydrogen-bond donors (Lipinski definition) is 3. The summed E-state index contributed by atoms with van der Waals surface area (Å²) in [6, 6.07) is 17.0. The molecular formula is C39H59LiN2O11. The SMILES string of the molecule is C.C=C([O-])OCc1ccccc1.CC(C)[C@H](NC(=O)OC(C)(C)C)C(=O)CC(=O)OCc1ccccc1.CC(C)[C@H](NC(=O)OC(C)(C)C)C(=O)O.[Li+]. The number of alkyl carbamates (subject to hydrolysis) is 2. The van der Waals surface area contributed by atoms with Gasteiger partial charge in [-0.15, -0.1) is 0 Å². The third-order valence-electron chi connectivity index (χ3n) is 6.09. The maximum absolute atomic E-state index is 12.3. The van der Waals surface area contributed by atoms with Crippen LogP contribution >= 0.6 is 0 Å². The average molecular weight is 739 g/mol. The molecule has 2 atom stereocenters. The maximum atomic E-state index is 12.3. The van der Waals surface area contributed by atoms with E-state index >= 15 is 0 Å². The van der Waals surface area contributed by atoms with Crippen LogP contribution in [0.4, 0.5) is 9.59 Å². The average Bonchev–Trinajstić information content (AvgIpc) is 3.00. The number of esters is 1. The molecule has 2 amide bonds. The van der Waals surface area contributed by atoms with Crippen molar-refractivity contribution in [3.05, 3.63) is 84.3 Å². The molecular weight excluding hydrogens is 679 g/mol. The van der Waals surface area contributed by atoms with Crippen molar-refractivity contribution in [2.24, 2.45) is 11.8 Å². The summed E-state index contributed by atoms with van der Waals surface area (Å²) < 4.78 is 19.9. The van der Waals surface area contributed by atoms with E-state index in [4.69, 9.17) is 19.3 Å². The molecule has 3 N–H and O–H groups in total. The molecule has 0 saturated heterocycles. The first kappa shape index (κ1) is 52.9. The number of amides is 2. The number of rotatable bonds is 13. The molecule has 53 heavy (non-hydrogen) atoms. The second-order valence-corrected chi connectivity index (χ2v) is 14.0. The molecule has 0 aliphatic carbocycles. The normalized spacial score (nSPS) is 11.5. The van der Waals surface area contributed by atoms with Crippen molar-refractivity contribution in [3.8, 4) is 0 Å². The Morgan fingerprint density at radius 2 is 1.06 bits per heavy atom. The number of carboxylic acid groups (broad SMARTS) is 1. The molecule has 0 aliphatic heterocycles. The van der Waals surface area contributed by atoms with Crippen LogP contribution in [0.5, 0.6) is 0 Å². The van der Waals surface area contributed by atoms with Crippen molar-refractivity contribution in [2.45, 2.75) is 120 Å². The molecule has 0 fully saturated rings. The largest absolute Gasteiger partial charge is 1.00 e. The first-order valence-corrected chi connectivity index (χ1v) is 16.5. The zero-order valence-electron chi connectivity index (χ0n) is 32.4. The van der Waals surface area contributed by atoms with Crippen molar-refractivity contribution >= 4 is 29.9 Å². The Kier molecular flexibility index (Phi) is 26.3. The molecule has 0 spiro atoms. The van der Waals surface area contributed by atoms with Gasteiger partial charge in [0.2, 0.25) is 0 Å². The van der Waals surface area contributed by atoms with E-state index in [1.807, 2.05) is 60.7 Å². The number of carboxylic acids is 1. The van der Waals surface area contributed by atoms with Gasteiger partial charge in [-0.05, 0) is 64.5 Å². The second-order valence-electron chi connectivity index (χ2n) is 14.0. The van der Waals surface area contributed by atoms with Gasteiger partial charge < -0.3 is 39.8 Å². The zero-order valence-corrected chi connectivity index (χ0v) is 32.4. The first-order chi connectivity index (χ1) is 23.5. The van der Waals surface area contributed by atoms with Gasteiger partial charge in [-0.2, -0.15) is 0 Å². The van der Waals surface area contributed by atoms with Crippen LogP contribution in [0.3, 0.4) is 0 Å². The van der Waals surface area contributed by atoms with Gasteiger partial charge >= 0.3 is 43.0 Å². The standard InChI is InChI=1S/C19H27NO5.C10H19NO4.C9H10O2.CH4.Li/c1-13(2)17(20-18(23)25-19(3,4)5)15(21)11-16(22)24-12-14-9-7-6-8-10-14;1-6(2)7(8(12)13)11-9(14)15-10(3,4)5;1-8(10)11-7-9-5-3-2-4-6-9;;/h6-10,13,17H,11-12H2,1-5H3,(H,20,23);6-7H,1-5H3,(H,11,14)(H,12,13);2-6,10H,1,7H2;1H4;/q;;;;+1/p-1/t17-;7-;;;/m00.../s1. The van der Waals surface area contributed by atoms with Crippen LogP contribution in [-0.2, 0) is 46.5 Å². The number of Topliss-reactive ketones (excluding diaryl/α,β-unsaturated/α-hetero) is 1. The Morgan fingerprint density at radius 1 is 0.698 bits per heavy atom. The number of aliphatic carboxylic acids is 1. The predicted molar refractivity (Wildman–Crippen MR) is 197 cm³/mol. The molecule has 0 radical (unpaired) electrons. The molecule has 2 aromatic rings. The van der Waals surface area contributed by atoms with E-state index in [0.717, 1.165) is 11.1 Å². The quantitative estimate of drug-likeness (QED) is 0.0897. The van der Waals surface area contributed by atoms with Crippen LogP contribution in [0.2, 0.25) is 0 Å². The van der Waals surface area contributed by atoms with Gasteiger partial charge in [0, 0.05) is 12.6 Å². The van der Waals surface area contributed by atoms with Gasteiger partial charge in [0.1, 0.15) is 30.3 Å². The summed E-state index contributed by atoms with van der Waals surface area (Å²) in [6.07, 6.45) is -1.79. The van der Waals surface area contributed by atoms with E-state index in [9.17, 15) is 29.1 Å². The minimum Gasteiger partial charge on any atom is -0.609 e. The van der Waals surface area contributed by atoms with Crippen LogP contribution < -0.4 is 34.6 Å². The number of ketones is 1. The predicted octanol–water partition coefficient (Wildman–Crippen LogP) is 3.53. The molecule has 0 unspecified atom stereocenters. The van der Waals surface area contributed by atoms with Gasteiger partial charge in [-0.25, -0.2) is 14.4 Å². The number of carbonyl (C=O) groups is 5.